The highest BCUT2D eigenvalue weighted by Gasteiger charge is 1.94. The first-order valence-corrected chi connectivity index (χ1v) is 4.86. The third-order valence-electron chi connectivity index (χ3n) is 1.32. The normalized spacial score (nSPS) is 8.89. The first-order chi connectivity index (χ1) is 8.47. The molecule has 0 aromatic heterocycles. The standard InChI is InChI=1S/C4H7NO2.2C4H6O2/c1-3(2-5)4(6)7;2*1-3(2)4(5)6/h2H,5H2,1H3,(H,6,7);2*1H2,2H3,(H,5,6). The molecule has 0 heterocycles. The van der Waals surface area contributed by atoms with Crippen molar-refractivity contribution in [2.24, 2.45) is 5.73 Å². The number of nitrogens with two attached hydrogens (primary N) is 1. The van der Waals surface area contributed by atoms with Crippen LogP contribution in [0, 0.1) is 0 Å². The van der Waals surface area contributed by atoms with E-state index in [2.05, 4.69) is 13.2 Å². The summed E-state index contributed by atoms with van der Waals surface area (Å²) >= 11 is 0. The van der Waals surface area contributed by atoms with Gasteiger partial charge in [-0.2, -0.15) is 0 Å². The molecule has 0 amide bonds. The van der Waals surface area contributed by atoms with Crippen LogP contribution in [0.1, 0.15) is 20.8 Å². The van der Waals surface area contributed by atoms with Crippen LogP contribution in [0.15, 0.2) is 36.1 Å². The van der Waals surface area contributed by atoms with E-state index in [4.69, 9.17) is 21.1 Å². The van der Waals surface area contributed by atoms with Crippen molar-refractivity contribution in [3.63, 3.8) is 0 Å². The Balaban J connectivity index is -0.000000203. The summed E-state index contributed by atoms with van der Waals surface area (Å²) in [6.07, 6.45) is 1.06. The summed E-state index contributed by atoms with van der Waals surface area (Å²) < 4.78 is 0. The second kappa shape index (κ2) is 11.9. The van der Waals surface area contributed by atoms with Crippen molar-refractivity contribution in [1.82, 2.24) is 0 Å². The van der Waals surface area contributed by atoms with Crippen molar-refractivity contribution in [2.45, 2.75) is 20.8 Å². The number of carbonyl (C=O) groups is 3. The van der Waals surface area contributed by atoms with Crippen molar-refractivity contribution >= 4 is 17.9 Å². The Bertz CT molecular complexity index is 347. The number of hydrogen-bond acceptors (Lipinski definition) is 4. The summed E-state index contributed by atoms with van der Waals surface area (Å²) in [5.74, 6) is -2.84. The fraction of sp³-hybridized carbons (Fsp3) is 0.250. The van der Waals surface area contributed by atoms with Gasteiger partial charge in [-0.3, -0.25) is 0 Å². The summed E-state index contributed by atoms with van der Waals surface area (Å²) in [5, 5.41) is 23.8. The Morgan fingerprint density at radius 1 is 0.842 bits per heavy atom. The first kappa shape index (κ1) is 21.7. The summed E-state index contributed by atoms with van der Waals surface area (Å²) in [6.45, 7) is 10.6. The van der Waals surface area contributed by atoms with Gasteiger partial charge in [-0.05, 0) is 20.8 Å². The van der Waals surface area contributed by atoms with Crippen molar-refractivity contribution < 1.29 is 29.7 Å². The van der Waals surface area contributed by atoms with Crippen molar-refractivity contribution in [2.75, 3.05) is 0 Å². The number of carboxylic acids is 3. The lowest BCUT2D eigenvalue weighted by molar-refractivity contribution is -0.133. The molecule has 0 bridgehead atoms. The second-order valence-corrected chi connectivity index (χ2v) is 3.33. The van der Waals surface area contributed by atoms with Crippen molar-refractivity contribution in [1.29, 1.82) is 0 Å². The van der Waals surface area contributed by atoms with Crippen LogP contribution in [0.4, 0.5) is 0 Å². The molecule has 0 aromatic carbocycles. The Morgan fingerprint density at radius 3 is 1.05 bits per heavy atom. The van der Waals surface area contributed by atoms with Gasteiger partial charge in [0.15, 0.2) is 0 Å². The Hall–Kier alpha value is -2.57. The molecule has 5 N–H and O–H groups in total. The van der Waals surface area contributed by atoms with E-state index in [9.17, 15) is 14.4 Å². The quantitative estimate of drug-likeness (QED) is 0.567. The third kappa shape index (κ3) is 21.3. The minimum atomic E-state index is -0.970. The van der Waals surface area contributed by atoms with Gasteiger partial charge in [0.05, 0.1) is 0 Å². The summed E-state index contributed by atoms with van der Waals surface area (Å²) in [7, 11) is 0. The molecule has 0 aliphatic heterocycles. The predicted octanol–water partition coefficient (Wildman–Crippen LogP) is 1.23. The van der Waals surface area contributed by atoms with E-state index in [1.807, 2.05) is 0 Å². The van der Waals surface area contributed by atoms with Gasteiger partial charge in [0.25, 0.3) is 0 Å². The topological polar surface area (TPSA) is 138 Å². The second-order valence-electron chi connectivity index (χ2n) is 3.33. The predicted molar refractivity (Wildman–Crippen MR) is 70.5 cm³/mol. The number of hydrogen-bond donors (Lipinski definition) is 4. The molecule has 0 fully saturated rings. The van der Waals surface area contributed by atoms with Crippen molar-refractivity contribution in [3.8, 4) is 0 Å². The minimum absolute atomic E-state index is 0.167. The molecule has 0 aromatic rings. The van der Waals surface area contributed by atoms with E-state index in [-0.39, 0.29) is 16.7 Å². The molecule has 0 saturated heterocycles. The van der Waals surface area contributed by atoms with Gasteiger partial charge in [0, 0.05) is 22.9 Å². The van der Waals surface area contributed by atoms with E-state index in [1.165, 1.54) is 20.8 Å². The van der Waals surface area contributed by atoms with Crippen LogP contribution in [0.3, 0.4) is 0 Å². The van der Waals surface area contributed by atoms with Gasteiger partial charge in [-0.15, -0.1) is 0 Å². The molecule has 0 saturated carbocycles. The van der Waals surface area contributed by atoms with Crippen LogP contribution < -0.4 is 5.73 Å². The Morgan fingerprint density at radius 2 is 1.05 bits per heavy atom. The van der Waals surface area contributed by atoms with E-state index < -0.39 is 17.9 Å². The zero-order valence-electron chi connectivity index (χ0n) is 11.1. The maximum Gasteiger partial charge on any atom is 0.332 e. The van der Waals surface area contributed by atoms with Crippen LogP contribution in [-0.4, -0.2) is 33.2 Å². The van der Waals surface area contributed by atoms with Gasteiger partial charge in [0.2, 0.25) is 0 Å². The minimum Gasteiger partial charge on any atom is -0.478 e. The molecule has 0 aliphatic carbocycles. The van der Waals surface area contributed by atoms with Crippen LogP contribution in [0.2, 0.25) is 0 Å². The fourth-order valence-corrected chi connectivity index (χ4v) is 0.0713. The van der Waals surface area contributed by atoms with E-state index in [0.717, 1.165) is 6.20 Å². The zero-order valence-corrected chi connectivity index (χ0v) is 11.1. The van der Waals surface area contributed by atoms with Gasteiger partial charge in [0.1, 0.15) is 0 Å². The van der Waals surface area contributed by atoms with Crippen LogP contribution in [0.25, 0.3) is 0 Å². The smallest absolute Gasteiger partial charge is 0.332 e. The zero-order chi connectivity index (χ0) is 16.2. The highest BCUT2D eigenvalue weighted by atomic mass is 16.4. The van der Waals surface area contributed by atoms with Gasteiger partial charge >= 0.3 is 17.9 Å². The van der Waals surface area contributed by atoms with E-state index >= 15 is 0 Å². The lowest BCUT2D eigenvalue weighted by Gasteiger charge is -1.84. The molecule has 0 aliphatic rings. The molecule has 0 radical (unpaired) electrons. The molecule has 0 unspecified atom stereocenters. The highest BCUT2D eigenvalue weighted by molar-refractivity contribution is 5.85. The maximum atomic E-state index is 9.78. The summed E-state index contributed by atoms with van der Waals surface area (Å²) in [5.41, 5.74) is 5.35. The van der Waals surface area contributed by atoms with E-state index in [1.54, 1.807) is 0 Å². The summed E-state index contributed by atoms with van der Waals surface area (Å²) in [6, 6.07) is 0. The van der Waals surface area contributed by atoms with Crippen LogP contribution in [-0.2, 0) is 14.4 Å². The van der Waals surface area contributed by atoms with Gasteiger partial charge in [-0.1, -0.05) is 13.2 Å². The van der Waals surface area contributed by atoms with Gasteiger partial charge < -0.3 is 21.1 Å². The largest absolute Gasteiger partial charge is 0.478 e. The molecule has 0 spiro atoms. The van der Waals surface area contributed by atoms with Crippen molar-refractivity contribution in [3.05, 3.63) is 36.1 Å². The third-order valence-corrected chi connectivity index (χ3v) is 1.32. The molecule has 108 valence electrons. The molecule has 0 atom stereocenters. The molecular weight excluding hydrogens is 254 g/mol. The SMILES string of the molecule is C=C(C)C(=O)O.C=C(C)C(=O)O.CC(=CN)C(=O)O. The van der Waals surface area contributed by atoms with Crippen LogP contribution in [0.5, 0.6) is 0 Å². The number of aliphatic carboxylic acids is 3. The van der Waals surface area contributed by atoms with E-state index in [0.29, 0.717) is 0 Å². The number of carboxylic acid groups (broad SMARTS) is 3. The molecular formula is C12H19NO6. The monoisotopic (exact) mass is 273 g/mol. The molecule has 0 rings (SSSR count). The Labute approximate surface area is 111 Å². The summed E-state index contributed by atoms with van der Waals surface area (Å²) in [4.78, 5) is 29.0. The first-order valence-electron chi connectivity index (χ1n) is 4.86. The lowest BCUT2D eigenvalue weighted by atomic mass is 10.3. The Kier molecular flexibility index (Phi) is 13.6. The van der Waals surface area contributed by atoms with Gasteiger partial charge in [-0.25, -0.2) is 14.4 Å². The molecule has 7 nitrogen and oxygen atoms in total. The average molecular weight is 273 g/mol. The fourth-order valence-electron chi connectivity index (χ4n) is 0.0713. The van der Waals surface area contributed by atoms with Crippen LogP contribution >= 0.6 is 0 Å². The maximum absolute atomic E-state index is 9.78. The average Bonchev–Trinajstić information content (AvgIpc) is 2.29. The lowest BCUT2D eigenvalue weighted by Crippen LogP contribution is -1.98. The highest BCUT2D eigenvalue weighted by Crippen LogP contribution is 1.84. The molecule has 7 heteroatoms. The number of rotatable bonds is 3. The molecule has 19 heavy (non-hydrogen) atoms.